The van der Waals surface area contributed by atoms with E-state index in [0.717, 1.165) is 0 Å². The molecule has 0 saturated heterocycles. The van der Waals surface area contributed by atoms with E-state index in [0.29, 0.717) is 0 Å². The summed E-state index contributed by atoms with van der Waals surface area (Å²) in [6.07, 6.45) is 0. The first-order valence-corrected chi connectivity index (χ1v) is 10.2. The zero-order valence-electron chi connectivity index (χ0n) is 7.41. The Morgan fingerprint density at radius 2 is 0.818 bits per heavy atom. The molecule has 0 N–H and O–H groups in total. The van der Waals surface area contributed by atoms with Crippen LogP contribution in [0.3, 0.4) is 0 Å². The molecule has 0 aliphatic heterocycles. The molecule has 0 rings (SSSR count). The second-order valence-electron chi connectivity index (χ2n) is 4.33. The molecule has 3 heteroatoms. The Bertz CT molecular complexity index is 77.2. The summed E-state index contributed by atoms with van der Waals surface area (Å²) in [5.41, 5.74) is 0. The highest BCUT2D eigenvalue weighted by molar-refractivity contribution is 6.83. The van der Waals surface area contributed by atoms with E-state index in [1.54, 1.807) is 0 Å². The Morgan fingerprint density at radius 3 is 0.818 bits per heavy atom. The molecule has 0 spiro atoms. The minimum Gasteiger partial charge on any atom is -0.456 e. The summed E-state index contributed by atoms with van der Waals surface area (Å²) in [6, 6.07) is 0. The molecule has 0 amide bonds. The lowest BCUT2D eigenvalue weighted by molar-refractivity contribution is 0.559. The Kier molecular flexibility index (Phi) is 8.12. The van der Waals surface area contributed by atoms with Crippen LogP contribution in [0.5, 0.6) is 0 Å². The van der Waals surface area contributed by atoms with Gasteiger partial charge in [0.2, 0.25) is 0 Å². The predicted octanol–water partition coefficient (Wildman–Crippen LogP) is 3.95. The van der Waals surface area contributed by atoms with E-state index in [-0.39, 0.29) is 14.9 Å². The molecule has 0 aromatic carbocycles. The smallest absolute Gasteiger partial charge is 0.170 e. The van der Waals surface area contributed by atoms with Crippen molar-refractivity contribution < 1.29 is 4.12 Å². The predicted molar refractivity (Wildman–Crippen MR) is 61.2 cm³/mol. The van der Waals surface area contributed by atoms with Crippen LogP contribution in [0.2, 0.25) is 39.3 Å². The molecule has 0 aliphatic carbocycles. The maximum absolute atomic E-state index is 5.90. The summed E-state index contributed by atoms with van der Waals surface area (Å²) in [5.74, 6) is 0. The fourth-order valence-corrected chi connectivity index (χ4v) is 8.27. The summed E-state index contributed by atoms with van der Waals surface area (Å²) in [5, 5.41) is 0. The van der Waals surface area contributed by atoms with Crippen molar-refractivity contribution in [2.24, 2.45) is 0 Å². The van der Waals surface area contributed by atoms with Gasteiger partial charge >= 0.3 is 0 Å². The lowest BCUT2D eigenvalue weighted by Gasteiger charge is -2.27. The van der Waals surface area contributed by atoms with Crippen molar-refractivity contribution in [2.75, 3.05) is 0 Å². The number of rotatable bonds is 2. The van der Waals surface area contributed by atoms with E-state index < -0.39 is 16.6 Å². The lowest BCUT2D eigenvalue weighted by atomic mass is 11.8. The van der Waals surface area contributed by atoms with Gasteiger partial charge in [0.25, 0.3) is 0 Å². The van der Waals surface area contributed by atoms with E-state index >= 15 is 0 Å². The maximum atomic E-state index is 5.90. The van der Waals surface area contributed by atoms with Crippen LogP contribution in [0, 0.1) is 0 Å². The molecular formula is C8H26OSi2. The second kappa shape index (κ2) is 5.11. The third-order valence-corrected chi connectivity index (χ3v) is 5.51. The van der Waals surface area contributed by atoms with E-state index in [2.05, 4.69) is 39.3 Å². The average Bonchev–Trinajstić information content (AvgIpc) is 1.14. The molecule has 0 radical (unpaired) electrons. The van der Waals surface area contributed by atoms with E-state index in [9.17, 15) is 0 Å². The molecule has 0 heterocycles. The maximum Gasteiger partial charge on any atom is 0.170 e. The lowest BCUT2D eigenvalue weighted by Crippen LogP contribution is -2.39. The summed E-state index contributed by atoms with van der Waals surface area (Å²) < 4.78 is 5.90. The van der Waals surface area contributed by atoms with Crippen LogP contribution in [0.4, 0.5) is 0 Å². The topological polar surface area (TPSA) is 9.23 Å². The molecule has 0 aromatic rings. The third-order valence-electron chi connectivity index (χ3n) is 0.612. The standard InChI is InChI=1S/C6H18OSi2.2CH4/c1-8(2,3)7-9(4,5)6;;/h1-6H3;2*1H4. The molecule has 0 atom stereocenters. The van der Waals surface area contributed by atoms with Gasteiger partial charge in [-0.2, -0.15) is 0 Å². The van der Waals surface area contributed by atoms with E-state index in [1.165, 1.54) is 0 Å². The van der Waals surface area contributed by atoms with Crippen LogP contribution in [-0.2, 0) is 4.12 Å². The average molecular weight is 194 g/mol. The van der Waals surface area contributed by atoms with Gasteiger partial charge in [0.15, 0.2) is 16.6 Å². The zero-order valence-corrected chi connectivity index (χ0v) is 9.41. The highest BCUT2D eigenvalue weighted by atomic mass is 28.4. The van der Waals surface area contributed by atoms with Gasteiger partial charge in [0, 0.05) is 0 Å². The summed E-state index contributed by atoms with van der Waals surface area (Å²) in [7, 11) is -2.46. The molecule has 0 aromatic heterocycles. The molecular weight excluding hydrogens is 168 g/mol. The van der Waals surface area contributed by atoms with Gasteiger partial charge in [-0.05, 0) is 39.3 Å². The highest BCUT2D eigenvalue weighted by Gasteiger charge is 2.24. The first-order valence-electron chi connectivity index (χ1n) is 3.41. The van der Waals surface area contributed by atoms with Crippen LogP contribution < -0.4 is 0 Å². The number of hydrogen-bond donors (Lipinski definition) is 0. The summed E-state index contributed by atoms with van der Waals surface area (Å²) >= 11 is 0. The minimum absolute atomic E-state index is 0. The Morgan fingerprint density at radius 1 is 0.636 bits per heavy atom. The molecule has 0 aliphatic rings. The van der Waals surface area contributed by atoms with Crippen molar-refractivity contribution in [3.63, 3.8) is 0 Å². The molecule has 11 heavy (non-hydrogen) atoms. The van der Waals surface area contributed by atoms with Crippen LogP contribution >= 0.6 is 0 Å². The first kappa shape index (κ1) is 17.5. The molecule has 0 saturated carbocycles. The Labute approximate surface area is 75.4 Å². The van der Waals surface area contributed by atoms with Crippen molar-refractivity contribution >= 4 is 16.6 Å². The molecule has 72 valence electrons. The third kappa shape index (κ3) is 17.9. The van der Waals surface area contributed by atoms with E-state index in [4.69, 9.17) is 4.12 Å². The fourth-order valence-electron chi connectivity index (χ4n) is 0.919. The van der Waals surface area contributed by atoms with Crippen molar-refractivity contribution in [1.29, 1.82) is 0 Å². The van der Waals surface area contributed by atoms with Crippen LogP contribution in [-0.4, -0.2) is 16.6 Å². The van der Waals surface area contributed by atoms with Gasteiger partial charge in [0.05, 0.1) is 0 Å². The van der Waals surface area contributed by atoms with Crippen molar-refractivity contribution in [3.05, 3.63) is 0 Å². The molecule has 0 unspecified atom stereocenters. The summed E-state index contributed by atoms with van der Waals surface area (Å²) in [4.78, 5) is 0. The van der Waals surface area contributed by atoms with Gasteiger partial charge in [-0.1, -0.05) is 14.9 Å². The molecule has 1 nitrogen and oxygen atoms in total. The molecule has 0 fully saturated rings. The van der Waals surface area contributed by atoms with Gasteiger partial charge in [0.1, 0.15) is 0 Å². The Hall–Kier alpha value is 0.394. The minimum atomic E-state index is -1.23. The SMILES string of the molecule is C.C.C[Si](C)(C)O[Si](C)(C)C. The first-order chi connectivity index (χ1) is 3.71. The van der Waals surface area contributed by atoms with Crippen LogP contribution in [0.1, 0.15) is 14.9 Å². The van der Waals surface area contributed by atoms with Crippen molar-refractivity contribution in [1.82, 2.24) is 0 Å². The molecule has 0 bridgehead atoms. The van der Waals surface area contributed by atoms with Crippen molar-refractivity contribution in [3.8, 4) is 0 Å². The van der Waals surface area contributed by atoms with Gasteiger partial charge in [-0.15, -0.1) is 0 Å². The normalized spacial score (nSPS) is 11.5. The zero-order chi connectivity index (χ0) is 7.71. The van der Waals surface area contributed by atoms with Crippen LogP contribution in [0.25, 0.3) is 0 Å². The quantitative estimate of drug-likeness (QED) is 0.605. The van der Waals surface area contributed by atoms with Crippen LogP contribution in [0.15, 0.2) is 0 Å². The van der Waals surface area contributed by atoms with E-state index in [1.807, 2.05) is 0 Å². The second-order valence-corrected chi connectivity index (χ2v) is 13.6. The van der Waals surface area contributed by atoms with Crippen molar-refractivity contribution in [2.45, 2.75) is 54.1 Å². The fraction of sp³-hybridized carbons (Fsp3) is 1.00. The highest BCUT2D eigenvalue weighted by Crippen LogP contribution is 2.12. The van der Waals surface area contributed by atoms with Gasteiger partial charge in [-0.25, -0.2) is 0 Å². The summed E-state index contributed by atoms with van der Waals surface area (Å²) in [6.45, 7) is 13.4. The Balaban J connectivity index is -0.000000320. The van der Waals surface area contributed by atoms with Gasteiger partial charge in [-0.3, -0.25) is 0 Å². The monoisotopic (exact) mass is 194 g/mol. The number of hydrogen-bond acceptors (Lipinski definition) is 1. The van der Waals surface area contributed by atoms with Gasteiger partial charge < -0.3 is 4.12 Å². The largest absolute Gasteiger partial charge is 0.456 e.